The first-order valence-corrected chi connectivity index (χ1v) is 6.43. The van der Waals surface area contributed by atoms with Crippen LogP contribution in [0.3, 0.4) is 0 Å². The summed E-state index contributed by atoms with van der Waals surface area (Å²) in [7, 11) is 3.07. The Balaban J connectivity index is 2.03. The van der Waals surface area contributed by atoms with Crippen molar-refractivity contribution in [3.8, 4) is 11.5 Å². The van der Waals surface area contributed by atoms with E-state index in [2.05, 4.69) is 10.6 Å². The lowest BCUT2D eigenvalue weighted by Crippen LogP contribution is -2.47. The summed E-state index contributed by atoms with van der Waals surface area (Å²) in [5, 5.41) is 5.63. The molecule has 2 rings (SSSR count). The molecule has 2 amide bonds. The van der Waals surface area contributed by atoms with Gasteiger partial charge in [-0.05, 0) is 24.6 Å². The molecular formula is C14H18N2O4. The van der Waals surface area contributed by atoms with Gasteiger partial charge in [0.1, 0.15) is 0 Å². The van der Waals surface area contributed by atoms with E-state index in [0.717, 1.165) is 0 Å². The van der Waals surface area contributed by atoms with Gasteiger partial charge in [-0.1, -0.05) is 0 Å². The van der Waals surface area contributed by atoms with Crippen LogP contribution in [0.25, 0.3) is 0 Å². The summed E-state index contributed by atoms with van der Waals surface area (Å²) in [6.07, 6.45) is 1.10. The van der Waals surface area contributed by atoms with E-state index in [-0.39, 0.29) is 17.9 Å². The van der Waals surface area contributed by atoms with Crippen molar-refractivity contribution in [3.05, 3.63) is 23.8 Å². The summed E-state index contributed by atoms with van der Waals surface area (Å²) in [4.78, 5) is 23.2. The molecule has 0 saturated carbocycles. The van der Waals surface area contributed by atoms with Crippen LogP contribution in [-0.4, -0.2) is 38.6 Å². The lowest BCUT2D eigenvalue weighted by Gasteiger charge is -2.23. The van der Waals surface area contributed by atoms with Crippen molar-refractivity contribution in [1.82, 2.24) is 10.6 Å². The highest BCUT2D eigenvalue weighted by Crippen LogP contribution is 2.27. The molecule has 1 aromatic carbocycles. The Hall–Kier alpha value is -2.24. The van der Waals surface area contributed by atoms with Crippen molar-refractivity contribution in [2.24, 2.45) is 0 Å². The first-order valence-electron chi connectivity index (χ1n) is 6.43. The van der Waals surface area contributed by atoms with E-state index < -0.39 is 0 Å². The fourth-order valence-corrected chi connectivity index (χ4v) is 2.10. The number of hydrogen-bond donors (Lipinski definition) is 2. The number of carbonyl (C=O) groups is 2. The molecule has 108 valence electrons. The number of piperidine rings is 1. The highest BCUT2D eigenvalue weighted by molar-refractivity contribution is 5.95. The molecule has 0 aliphatic carbocycles. The fourth-order valence-electron chi connectivity index (χ4n) is 2.10. The Morgan fingerprint density at radius 2 is 2.05 bits per heavy atom. The third kappa shape index (κ3) is 3.20. The zero-order chi connectivity index (χ0) is 14.5. The van der Waals surface area contributed by atoms with E-state index in [1.165, 1.54) is 7.11 Å². The van der Waals surface area contributed by atoms with Gasteiger partial charge in [0.15, 0.2) is 11.5 Å². The summed E-state index contributed by atoms with van der Waals surface area (Å²) in [5.41, 5.74) is 0.500. The fraction of sp³-hybridized carbons (Fsp3) is 0.429. The van der Waals surface area contributed by atoms with E-state index in [1.54, 1.807) is 25.3 Å². The van der Waals surface area contributed by atoms with Gasteiger partial charge in [-0.2, -0.15) is 0 Å². The Morgan fingerprint density at radius 3 is 2.65 bits per heavy atom. The maximum absolute atomic E-state index is 12.1. The normalized spacial score (nSPS) is 18.1. The second kappa shape index (κ2) is 6.27. The van der Waals surface area contributed by atoms with Crippen molar-refractivity contribution in [2.45, 2.75) is 18.9 Å². The maximum Gasteiger partial charge on any atom is 0.251 e. The Labute approximate surface area is 117 Å². The molecule has 2 N–H and O–H groups in total. The first kappa shape index (κ1) is 14.2. The molecule has 1 aliphatic rings. The van der Waals surface area contributed by atoms with Crippen LogP contribution in [0.1, 0.15) is 23.2 Å². The largest absolute Gasteiger partial charge is 0.493 e. The third-order valence-electron chi connectivity index (χ3n) is 3.25. The van der Waals surface area contributed by atoms with Crippen LogP contribution in [0.4, 0.5) is 0 Å². The molecule has 6 nitrogen and oxygen atoms in total. The van der Waals surface area contributed by atoms with Crippen LogP contribution < -0.4 is 20.1 Å². The van der Waals surface area contributed by atoms with E-state index in [1.807, 2.05) is 0 Å². The highest BCUT2D eigenvalue weighted by atomic mass is 16.5. The second-order valence-electron chi connectivity index (χ2n) is 4.58. The summed E-state index contributed by atoms with van der Waals surface area (Å²) >= 11 is 0. The Bertz CT molecular complexity index is 506. The van der Waals surface area contributed by atoms with Gasteiger partial charge in [0.25, 0.3) is 5.91 Å². The molecule has 1 heterocycles. The molecular weight excluding hydrogens is 260 g/mol. The van der Waals surface area contributed by atoms with E-state index in [9.17, 15) is 9.59 Å². The monoisotopic (exact) mass is 278 g/mol. The highest BCUT2D eigenvalue weighted by Gasteiger charge is 2.20. The average Bonchev–Trinajstić information content (AvgIpc) is 2.48. The average molecular weight is 278 g/mol. The summed E-state index contributed by atoms with van der Waals surface area (Å²) in [6.45, 7) is 0.470. The van der Waals surface area contributed by atoms with Crippen molar-refractivity contribution in [2.75, 3.05) is 20.8 Å². The summed E-state index contributed by atoms with van der Waals surface area (Å²) in [6, 6.07) is 4.97. The van der Waals surface area contributed by atoms with Gasteiger partial charge in [0.05, 0.1) is 14.2 Å². The zero-order valence-electron chi connectivity index (χ0n) is 11.6. The van der Waals surface area contributed by atoms with E-state index >= 15 is 0 Å². The number of ether oxygens (including phenoxy) is 2. The molecule has 6 heteroatoms. The van der Waals surface area contributed by atoms with E-state index in [0.29, 0.717) is 36.4 Å². The van der Waals surface area contributed by atoms with Crippen molar-refractivity contribution >= 4 is 11.8 Å². The van der Waals surface area contributed by atoms with Crippen molar-refractivity contribution < 1.29 is 19.1 Å². The van der Waals surface area contributed by atoms with Crippen LogP contribution in [0.5, 0.6) is 11.5 Å². The molecule has 1 fully saturated rings. The molecule has 20 heavy (non-hydrogen) atoms. The molecule has 1 aliphatic heterocycles. The number of carbonyl (C=O) groups excluding carboxylic acids is 2. The van der Waals surface area contributed by atoms with Gasteiger partial charge < -0.3 is 20.1 Å². The number of nitrogens with one attached hydrogen (secondary N) is 2. The molecule has 0 radical (unpaired) electrons. The Kier molecular flexibility index (Phi) is 4.45. The minimum Gasteiger partial charge on any atom is -0.493 e. The van der Waals surface area contributed by atoms with Gasteiger partial charge >= 0.3 is 0 Å². The van der Waals surface area contributed by atoms with Gasteiger partial charge in [-0.15, -0.1) is 0 Å². The van der Waals surface area contributed by atoms with Crippen LogP contribution in [0.2, 0.25) is 0 Å². The van der Waals surface area contributed by atoms with Gasteiger partial charge in [0.2, 0.25) is 5.91 Å². The lowest BCUT2D eigenvalue weighted by atomic mass is 10.1. The quantitative estimate of drug-likeness (QED) is 0.850. The number of methoxy groups -OCH3 is 2. The first-order chi connectivity index (χ1) is 9.63. The number of hydrogen-bond acceptors (Lipinski definition) is 4. The summed E-state index contributed by atoms with van der Waals surface area (Å²) < 4.78 is 10.3. The predicted octanol–water partition coefficient (Wildman–Crippen LogP) is 0.712. The van der Waals surface area contributed by atoms with Crippen LogP contribution >= 0.6 is 0 Å². The van der Waals surface area contributed by atoms with Crippen LogP contribution in [0.15, 0.2) is 18.2 Å². The topological polar surface area (TPSA) is 76.7 Å². The summed E-state index contributed by atoms with van der Waals surface area (Å²) in [5.74, 6) is 0.930. The number of amides is 2. The van der Waals surface area contributed by atoms with E-state index in [4.69, 9.17) is 9.47 Å². The number of benzene rings is 1. The molecule has 0 spiro atoms. The molecule has 0 bridgehead atoms. The van der Waals surface area contributed by atoms with Gasteiger partial charge in [-0.3, -0.25) is 9.59 Å². The molecule has 1 atom stereocenters. The number of rotatable bonds is 4. The zero-order valence-corrected chi connectivity index (χ0v) is 11.6. The van der Waals surface area contributed by atoms with Crippen LogP contribution in [-0.2, 0) is 4.79 Å². The maximum atomic E-state index is 12.1. The molecule has 1 saturated heterocycles. The minimum absolute atomic E-state index is 0.0293. The molecule has 1 unspecified atom stereocenters. The Morgan fingerprint density at radius 1 is 1.30 bits per heavy atom. The predicted molar refractivity (Wildman–Crippen MR) is 73.0 cm³/mol. The SMILES string of the molecule is COc1ccc(C(=O)NC2CCC(=O)NC2)cc1OC. The van der Waals surface area contributed by atoms with Crippen molar-refractivity contribution in [1.29, 1.82) is 0 Å². The van der Waals surface area contributed by atoms with Gasteiger partial charge in [0, 0.05) is 24.6 Å². The third-order valence-corrected chi connectivity index (χ3v) is 3.25. The van der Waals surface area contributed by atoms with Crippen LogP contribution in [0, 0.1) is 0 Å². The smallest absolute Gasteiger partial charge is 0.251 e. The lowest BCUT2D eigenvalue weighted by molar-refractivity contribution is -0.122. The van der Waals surface area contributed by atoms with Gasteiger partial charge in [-0.25, -0.2) is 0 Å². The molecule has 0 aromatic heterocycles. The second-order valence-corrected chi connectivity index (χ2v) is 4.58. The molecule has 1 aromatic rings. The minimum atomic E-state index is -0.188. The standard InChI is InChI=1S/C14H18N2O4/c1-19-11-5-3-9(7-12(11)20-2)14(18)16-10-4-6-13(17)15-8-10/h3,5,7,10H,4,6,8H2,1-2H3,(H,15,17)(H,16,18). The van der Waals surface area contributed by atoms with Crippen molar-refractivity contribution in [3.63, 3.8) is 0 Å².